The van der Waals surface area contributed by atoms with Crippen LogP contribution in [0.2, 0.25) is 10.0 Å². The Balaban J connectivity index is 2.08. The standard InChI is InChI=1S/C17H26Cl2N2/c1-3-10-21(12-14-6-8-20-9-7-14)13(2)16-5-4-15(18)11-17(16)19/h4-5,11,13-14,20H,3,6-10,12H2,1-2H3. The SMILES string of the molecule is CCCN(CC1CCNCC1)C(C)c1ccc(Cl)cc1Cl. The maximum absolute atomic E-state index is 6.39. The fourth-order valence-corrected chi connectivity index (χ4v) is 3.73. The highest BCUT2D eigenvalue weighted by molar-refractivity contribution is 6.35. The number of nitrogens with one attached hydrogen (secondary N) is 1. The monoisotopic (exact) mass is 328 g/mol. The van der Waals surface area contributed by atoms with Gasteiger partial charge < -0.3 is 5.32 Å². The van der Waals surface area contributed by atoms with Gasteiger partial charge in [-0.1, -0.05) is 36.2 Å². The molecule has 118 valence electrons. The van der Waals surface area contributed by atoms with E-state index in [4.69, 9.17) is 23.2 Å². The highest BCUT2D eigenvalue weighted by Crippen LogP contribution is 2.31. The maximum atomic E-state index is 6.39. The van der Waals surface area contributed by atoms with Crippen LogP contribution in [0.4, 0.5) is 0 Å². The first-order valence-corrected chi connectivity index (χ1v) is 8.77. The smallest absolute Gasteiger partial charge is 0.0468 e. The minimum atomic E-state index is 0.338. The number of halogens is 2. The summed E-state index contributed by atoms with van der Waals surface area (Å²) in [5.41, 5.74) is 1.18. The van der Waals surface area contributed by atoms with Crippen molar-refractivity contribution >= 4 is 23.2 Å². The normalized spacial score (nSPS) is 18.1. The Labute approximate surface area is 138 Å². The molecule has 2 rings (SSSR count). The van der Waals surface area contributed by atoms with Crippen molar-refractivity contribution in [1.29, 1.82) is 0 Å². The van der Waals surface area contributed by atoms with E-state index in [-0.39, 0.29) is 0 Å². The molecule has 0 amide bonds. The van der Waals surface area contributed by atoms with Gasteiger partial charge in [-0.15, -0.1) is 0 Å². The van der Waals surface area contributed by atoms with Crippen LogP contribution in [0, 0.1) is 5.92 Å². The lowest BCUT2D eigenvalue weighted by atomic mass is 9.96. The van der Waals surface area contributed by atoms with Gasteiger partial charge in [0.2, 0.25) is 0 Å². The molecule has 1 aliphatic rings. The third-order valence-corrected chi connectivity index (χ3v) is 4.98. The lowest BCUT2D eigenvalue weighted by Gasteiger charge is -2.34. The van der Waals surface area contributed by atoms with Crippen LogP contribution in [0.25, 0.3) is 0 Å². The lowest BCUT2D eigenvalue weighted by molar-refractivity contribution is 0.161. The fourth-order valence-electron chi connectivity index (χ4n) is 3.16. The Morgan fingerprint density at radius 1 is 1.29 bits per heavy atom. The van der Waals surface area contributed by atoms with Crippen molar-refractivity contribution < 1.29 is 0 Å². The van der Waals surface area contributed by atoms with Gasteiger partial charge in [0.25, 0.3) is 0 Å². The molecule has 0 radical (unpaired) electrons. The van der Waals surface area contributed by atoms with Gasteiger partial charge >= 0.3 is 0 Å². The highest BCUT2D eigenvalue weighted by Gasteiger charge is 2.22. The molecule has 1 aliphatic heterocycles. The zero-order valence-electron chi connectivity index (χ0n) is 13.0. The van der Waals surface area contributed by atoms with Crippen LogP contribution in [0.3, 0.4) is 0 Å². The molecule has 0 spiro atoms. The Kier molecular flexibility index (Phi) is 6.81. The van der Waals surface area contributed by atoms with Crippen molar-refractivity contribution in [2.75, 3.05) is 26.2 Å². The summed E-state index contributed by atoms with van der Waals surface area (Å²) in [6.07, 6.45) is 3.73. The van der Waals surface area contributed by atoms with Gasteiger partial charge in [0.05, 0.1) is 0 Å². The summed E-state index contributed by atoms with van der Waals surface area (Å²) < 4.78 is 0. The topological polar surface area (TPSA) is 15.3 Å². The summed E-state index contributed by atoms with van der Waals surface area (Å²) in [6.45, 7) is 9.08. The molecular formula is C17H26Cl2N2. The minimum absolute atomic E-state index is 0.338. The maximum Gasteiger partial charge on any atom is 0.0468 e. The van der Waals surface area contributed by atoms with E-state index in [0.29, 0.717) is 11.1 Å². The second-order valence-electron chi connectivity index (χ2n) is 6.03. The first-order chi connectivity index (χ1) is 10.1. The van der Waals surface area contributed by atoms with Gasteiger partial charge in [-0.3, -0.25) is 4.90 Å². The van der Waals surface area contributed by atoms with Crippen LogP contribution >= 0.6 is 23.2 Å². The Hall–Kier alpha value is -0.280. The zero-order valence-corrected chi connectivity index (χ0v) is 14.6. The lowest BCUT2D eigenvalue weighted by Crippen LogP contribution is -2.37. The zero-order chi connectivity index (χ0) is 15.2. The van der Waals surface area contributed by atoms with Gasteiger partial charge in [0.15, 0.2) is 0 Å². The molecule has 1 heterocycles. The molecule has 1 saturated heterocycles. The number of hydrogen-bond acceptors (Lipinski definition) is 2. The van der Waals surface area contributed by atoms with Crippen LogP contribution < -0.4 is 5.32 Å². The van der Waals surface area contributed by atoms with E-state index in [9.17, 15) is 0 Å². The average Bonchev–Trinajstić information content (AvgIpc) is 2.47. The molecule has 0 aromatic heterocycles. The van der Waals surface area contributed by atoms with E-state index in [2.05, 4.69) is 30.1 Å². The van der Waals surface area contributed by atoms with E-state index in [1.807, 2.05) is 12.1 Å². The van der Waals surface area contributed by atoms with Crippen molar-refractivity contribution in [3.05, 3.63) is 33.8 Å². The van der Waals surface area contributed by atoms with Crippen LogP contribution in [0.5, 0.6) is 0 Å². The molecule has 0 aliphatic carbocycles. The van der Waals surface area contributed by atoms with E-state index in [0.717, 1.165) is 37.1 Å². The van der Waals surface area contributed by atoms with Gasteiger partial charge in [0, 0.05) is 22.6 Å². The Morgan fingerprint density at radius 3 is 2.62 bits per heavy atom. The van der Waals surface area contributed by atoms with Crippen LogP contribution in [-0.4, -0.2) is 31.1 Å². The summed E-state index contributed by atoms with van der Waals surface area (Å²) >= 11 is 12.4. The van der Waals surface area contributed by atoms with Gasteiger partial charge in [-0.25, -0.2) is 0 Å². The molecule has 1 unspecified atom stereocenters. The summed E-state index contributed by atoms with van der Waals surface area (Å²) in [6, 6.07) is 6.20. The molecule has 0 saturated carbocycles. The summed E-state index contributed by atoms with van der Waals surface area (Å²) in [7, 11) is 0. The van der Waals surface area contributed by atoms with Gasteiger partial charge in [-0.2, -0.15) is 0 Å². The number of benzene rings is 1. The van der Waals surface area contributed by atoms with Crippen LogP contribution in [0.15, 0.2) is 18.2 Å². The molecule has 1 N–H and O–H groups in total. The van der Waals surface area contributed by atoms with Crippen LogP contribution in [-0.2, 0) is 0 Å². The second kappa shape index (κ2) is 8.38. The first-order valence-electron chi connectivity index (χ1n) is 8.01. The van der Waals surface area contributed by atoms with Crippen molar-refractivity contribution in [3.8, 4) is 0 Å². The molecule has 21 heavy (non-hydrogen) atoms. The minimum Gasteiger partial charge on any atom is -0.317 e. The quantitative estimate of drug-likeness (QED) is 0.809. The third-order valence-electron chi connectivity index (χ3n) is 4.42. The number of nitrogens with zero attached hydrogens (tertiary/aromatic N) is 1. The summed E-state index contributed by atoms with van der Waals surface area (Å²) in [5, 5.41) is 4.93. The van der Waals surface area contributed by atoms with Crippen molar-refractivity contribution in [1.82, 2.24) is 10.2 Å². The number of hydrogen-bond donors (Lipinski definition) is 1. The molecule has 1 aromatic rings. The molecule has 1 aromatic carbocycles. The fraction of sp³-hybridized carbons (Fsp3) is 0.647. The van der Waals surface area contributed by atoms with E-state index in [1.165, 1.54) is 24.8 Å². The van der Waals surface area contributed by atoms with Gasteiger partial charge in [0.1, 0.15) is 0 Å². The first kappa shape index (κ1) is 17.1. The predicted octanol–water partition coefficient (Wildman–Crippen LogP) is 4.77. The summed E-state index contributed by atoms with van der Waals surface area (Å²) in [5.74, 6) is 0.798. The Bertz CT molecular complexity index is 444. The van der Waals surface area contributed by atoms with Crippen molar-refractivity contribution in [2.24, 2.45) is 5.92 Å². The largest absolute Gasteiger partial charge is 0.317 e. The third kappa shape index (κ3) is 4.85. The van der Waals surface area contributed by atoms with Gasteiger partial charge in [-0.05, 0) is 69.4 Å². The number of rotatable bonds is 6. The second-order valence-corrected chi connectivity index (χ2v) is 6.87. The van der Waals surface area contributed by atoms with Crippen molar-refractivity contribution in [3.63, 3.8) is 0 Å². The molecule has 1 fully saturated rings. The average molecular weight is 329 g/mol. The van der Waals surface area contributed by atoms with Crippen molar-refractivity contribution in [2.45, 2.75) is 39.2 Å². The summed E-state index contributed by atoms with van der Waals surface area (Å²) in [4.78, 5) is 2.57. The molecule has 0 bridgehead atoms. The molecule has 2 nitrogen and oxygen atoms in total. The molecular weight excluding hydrogens is 303 g/mol. The highest BCUT2D eigenvalue weighted by atomic mass is 35.5. The van der Waals surface area contributed by atoms with Crippen LogP contribution in [0.1, 0.15) is 44.7 Å². The predicted molar refractivity (Wildman–Crippen MR) is 92.3 cm³/mol. The Morgan fingerprint density at radius 2 is 2.00 bits per heavy atom. The molecule has 1 atom stereocenters. The molecule has 4 heteroatoms. The van der Waals surface area contributed by atoms with E-state index in [1.54, 1.807) is 0 Å². The van der Waals surface area contributed by atoms with E-state index >= 15 is 0 Å². The number of piperidine rings is 1. The van der Waals surface area contributed by atoms with E-state index < -0.39 is 0 Å².